The van der Waals surface area contributed by atoms with Crippen LogP contribution in [0.25, 0.3) is 43.9 Å². The van der Waals surface area contributed by atoms with Gasteiger partial charge >= 0.3 is 12.1 Å². The van der Waals surface area contributed by atoms with Crippen LogP contribution in [0.5, 0.6) is 6.01 Å². The molecule has 0 aliphatic carbocycles. The number of anilines is 1. The number of hydrogen-bond donors (Lipinski definition) is 0. The molecule has 3 aliphatic rings. The van der Waals surface area contributed by atoms with Crippen LogP contribution in [0.2, 0.25) is 5.02 Å². The molecule has 6 heterocycles. The normalized spacial score (nSPS) is 20.6. The summed E-state index contributed by atoms with van der Waals surface area (Å²) in [5.41, 5.74) is 4.50. The number of halogens is 1. The Kier molecular flexibility index (Phi) is 8.96. The largest absolute Gasteiger partial charge is 0.463 e. The van der Waals surface area contributed by atoms with Gasteiger partial charge in [-0.2, -0.15) is 15.1 Å². The van der Waals surface area contributed by atoms with Gasteiger partial charge in [0.1, 0.15) is 23.6 Å². The van der Waals surface area contributed by atoms with Crippen LogP contribution < -0.4 is 9.64 Å². The van der Waals surface area contributed by atoms with Crippen molar-refractivity contribution >= 4 is 56.3 Å². The standard InChI is InChI=1S/C38H46ClN7O5/c1-23-19-29-27(21-40-46(29)30-10-6-7-17-48-30)31(33(23)39)26-20-28-32(34-25(26)11-18-49-34)35(42-36(41-28)50-22-24-9-8-12-43(24)5)44-13-15-45(16-14-44)37(47)51-38(2,3)4/h11,18-21,24,30H,6-10,12-17,22H2,1-5H3. The number of piperazine rings is 1. The smallest absolute Gasteiger partial charge is 0.410 e. The molecule has 5 aromatic rings. The van der Waals surface area contributed by atoms with E-state index in [0.29, 0.717) is 66.8 Å². The third-order valence-corrected chi connectivity index (χ3v) is 10.9. The average Bonchev–Trinajstić information content (AvgIpc) is 3.87. The van der Waals surface area contributed by atoms with Crippen LogP contribution in [0.15, 0.2) is 35.1 Å². The van der Waals surface area contributed by atoms with Gasteiger partial charge < -0.3 is 33.3 Å². The molecular weight excluding hydrogens is 670 g/mol. The van der Waals surface area contributed by atoms with Crippen LogP contribution >= 0.6 is 11.6 Å². The van der Waals surface area contributed by atoms with Crippen molar-refractivity contribution in [2.75, 3.05) is 57.9 Å². The Labute approximate surface area is 302 Å². The zero-order valence-corrected chi connectivity index (χ0v) is 30.8. The summed E-state index contributed by atoms with van der Waals surface area (Å²) in [5.74, 6) is 0.716. The zero-order chi connectivity index (χ0) is 35.4. The Bertz CT molecular complexity index is 2090. The van der Waals surface area contributed by atoms with Gasteiger partial charge in [-0.25, -0.2) is 9.48 Å². The molecule has 0 bridgehead atoms. The number of aryl methyl sites for hydroxylation is 1. The number of hydrogen-bond acceptors (Lipinski definition) is 10. The number of rotatable bonds is 6. The lowest BCUT2D eigenvalue weighted by Gasteiger charge is -2.36. The number of carbonyl (C=O) groups is 1. The van der Waals surface area contributed by atoms with E-state index < -0.39 is 5.60 Å². The number of likely N-dealkylation sites (tertiary alicyclic amines) is 1. The van der Waals surface area contributed by atoms with Crippen molar-refractivity contribution in [2.24, 2.45) is 0 Å². The molecule has 0 spiro atoms. The average molecular weight is 716 g/mol. The van der Waals surface area contributed by atoms with Gasteiger partial charge in [0.25, 0.3) is 0 Å². The number of amides is 1. The summed E-state index contributed by atoms with van der Waals surface area (Å²) in [5, 5.41) is 8.12. The van der Waals surface area contributed by atoms with Gasteiger partial charge in [-0.3, -0.25) is 0 Å². The minimum absolute atomic E-state index is 0.111. The summed E-state index contributed by atoms with van der Waals surface area (Å²) in [6.45, 7) is 12.1. The molecule has 2 atom stereocenters. The number of furan rings is 1. The first-order valence-corrected chi connectivity index (χ1v) is 18.5. The molecule has 2 unspecified atom stereocenters. The molecule has 3 aliphatic heterocycles. The molecular formula is C38H46ClN7O5. The van der Waals surface area contributed by atoms with Gasteiger partial charge in [0, 0.05) is 55.2 Å². The number of benzene rings is 2. The van der Waals surface area contributed by atoms with Crippen molar-refractivity contribution < 1.29 is 23.4 Å². The van der Waals surface area contributed by atoms with Crippen molar-refractivity contribution in [3.8, 4) is 17.1 Å². The third-order valence-electron chi connectivity index (χ3n) is 10.4. The van der Waals surface area contributed by atoms with Crippen molar-refractivity contribution in [1.82, 2.24) is 29.5 Å². The summed E-state index contributed by atoms with van der Waals surface area (Å²) in [6.07, 6.45) is 8.48. The van der Waals surface area contributed by atoms with Crippen molar-refractivity contribution in [2.45, 2.75) is 77.7 Å². The van der Waals surface area contributed by atoms with Crippen molar-refractivity contribution in [3.63, 3.8) is 0 Å². The van der Waals surface area contributed by atoms with E-state index in [1.54, 1.807) is 11.2 Å². The van der Waals surface area contributed by atoms with E-state index in [0.717, 1.165) is 83.6 Å². The Morgan fingerprint density at radius 3 is 2.59 bits per heavy atom. The fourth-order valence-corrected chi connectivity index (χ4v) is 7.94. The molecule has 0 saturated carbocycles. The summed E-state index contributed by atoms with van der Waals surface area (Å²) in [6, 6.07) is 6.78. The maximum atomic E-state index is 12.9. The third kappa shape index (κ3) is 6.46. The molecule has 13 heteroatoms. The van der Waals surface area contributed by atoms with Gasteiger partial charge in [-0.1, -0.05) is 11.6 Å². The molecule has 270 valence electrons. The number of fused-ring (bicyclic) bond motifs is 4. The van der Waals surface area contributed by atoms with Gasteiger partial charge in [-0.05, 0) is 103 Å². The van der Waals surface area contributed by atoms with E-state index in [4.69, 9.17) is 45.3 Å². The Morgan fingerprint density at radius 1 is 1.04 bits per heavy atom. The zero-order valence-electron chi connectivity index (χ0n) is 30.1. The number of likely N-dealkylation sites (N-methyl/N-ethyl adjacent to an activating group) is 1. The second-order valence-corrected chi connectivity index (χ2v) is 15.5. The van der Waals surface area contributed by atoms with E-state index in [1.165, 1.54) is 0 Å². The number of nitrogens with zero attached hydrogens (tertiary/aromatic N) is 7. The van der Waals surface area contributed by atoms with Crippen LogP contribution in [0.3, 0.4) is 0 Å². The van der Waals surface area contributed by atoms with Gasteiger partial charge in [0.2, 0.25) is 0 Å². The highest BCUT2D eigenvalue weighted by Gasteiger charge is 2.30. The predicted octanol–water partition coefficient (Wildman–Crippen LogP) is 7.58. The van der Waals surface area contributed by atoms with Crippen LogP contribution in [0.1, 0.15) is 64.7 Å². The van der Waals surface area contributed by atoms with Crippen molar-refractivity contribution in [3.05, 3.63) is 41.2 Å². The van der Waals surface area contributed by atoms with Gasteiger partial charge in [-0.15, -0.1) is 0 Å². The molecule has 3 aromatic heterocycles. The predicted molar refractivity (Wildman–Crippen MR) is 198 cm³/mol. The number of ether oxygens (including phenoxy) is 3. The number of aromatic nitrogens is 4. The van der Waals surface area contributed by atoms with Crippen LogP contribution in [0, 0.1) is 6.92 Å². The van der Waals surface area contributed by atoms with Crippen LogP contribution in [0.4, 0.5) is 10.6 Å². The summed E-state index contributed by atoms with van der Waals surface area (Å²) >= 11 is 7.21. The second kappa shape index (κ2) is 13.4. The van der Waals surface area contributed by atoms with E-state index in [2.05, 4.69) is 29.0 Å². The molecule has 3 fully saturated rings. The Morgan fingerprint density at radius 2 is 1.86 bits per heavy atom. The molecule has 0 N–H and O–H groups in total. The van der Waals surface area contributed by atoms with E-state index >= 15 is 0 Å². The summed E-state index contributed by atoms with van der Waals surface area (Å²) in [4.78, 5) is 29.2. The van der Waals surface area contributed by atoms with E-state index in [-0.39, 0.29) is 12.3 Å². The minimum Gasteiger partial charge on any atom is -0.463 e. The monoisotopic (exact) mass is 715 g/mol. The molecule has 3 saturated heterocycles. The van der Waals surface area contributed by atoms with Gasteiger partial charge in [0.05, 0.1) is 33.9 Å². The maximum Gasteiger partial charge on any atom is 0.410 e. The second-order valence-electron chi connectivity index (χ2n) is 15.1. The van der Waals surface area contributed by atoms with Gasteiger partial charge in [0.15, 0.2) is 6.23 Å². The lowest BCUT2D eigenvalue weighted by molar-refractivity contribution is -0.0366. The first kappa shape index (κ1) is 34.0. The first-order chi connectivity index (χ1) is 24.6. The quantitative estimate of drug-likeness (QED) is 0.174. The minimum atomic E-state index is -0.562. The molecule has 0 radical (unpaired) electrons. The molecule has 2 aromatic carbocycles. The first-order valence-electron chi connectivity index (χ1n) is 18.1. The Balaban J connectivity index is 1.24. The molecule has 8 rings (SSSR count). The van der Waals surface area contributed by atoms with E-state index in [1.807, 2.05) is 44.6 Å². The molecule has 1 amide bonds. The highest BCUT2D eigenvalue weighted by atomic mass is 35.5. The molecule has 51 heavy (non-hydrogen) atoms. The van der Waals surface area contributed by atoms with Crippen molar-refractivity contribution in [1.29, 1.82) is 0 Å². The maximum absolute atomic E-state index is 12.9. The Hall–Kier alpha value is -4.13. The fraction of sp³-hybridized carbons (Fsp3) is 0.526. The molecule has 12 nitrogen and oxygen atoms in total. The summed E-state index contributed by atoms with van der Waals surface area (Å²) < 4.78 is 26.5. The topological polar surface area (TPSA) is 111 Å². The summed E-state index contributed by atoms with van der Waals surface area (Å²) in [7, 11) is 2.13. The van der Waals surface area contributed by atoms with Crippen LogP contribution in [-0.4, -0.2) is 100 Å². The fourth-order valence-electron chi connectivity index (χ4n) is 7.69. The van der Waals surface area contributed by atoms with E-state index in [9.17, 15) is 4.79 Å². The lowest BCUT2D eigenvalue weighted by atomic mass is 9.95. The SMILES string of the molecule is Cc1cc2c(cnn2C2CCCCO2)c(-c2cc3nc(OCC4CCCN4C)nc(N4CCN(C(=O)OC(C)(C)C)CC4)c3c3occc23)c1Cl. The lowest BCUT2D eigenvalue weighted by Crippen LogP contribution is -2.50. The number of carbonyl (C=O) groups excluding carboxylic acids is 1. The highest BCUT2D eigenvalue weighted by Crippen LogP contribution is 2.45. The highest BCUT2D eigenvalue weighted by molar-refractivity contribution is 6.36. The van der Waals surface area contributed by atoms with Crippen LogP contribution in [-0.2, 0) is 9.47 Å².